The zero-order chi connectivity index (χ0) is 31.5. The zero-order valence-electron chi connectivity index (χ0n) is 26.7. The number of carbonyl (C=O) groups excluding carboxylic acids is 1. The molecule has 0 spiro atoms. The van der Waals surface area contributed by atoms with Crippen molar-refractivity contribution in [3.63, 3.8) is 0 Å². The molecule has 1 radical (unpaired) electrons. The summed E-state index contributed by atoms with van der Waals surface area (Å²) in [6, 6.07) is 10.2. The summed E-state index contributed by atoms with van der Waals surface area (Å²) in [6.45, 7) is 24.3. The minimum atomic E-state index is -4.44. The van der Waals surface area contributed by atoms with E-state index in [0.29, 0.717) is 22.3 Å². The number of hydrogen-bond donors (Lipinski definition) is 2. The van der Waals surface area contributed by atoms with E-state index < -0.39 is 29.3 Å². The molecule has 0 aromatic heterocycles. The Morgan fingerprint density at radius 3 is 1.34 bits per heavy atom. The predicted molar refractivity (Wildman–Crippen MR) is 168 cm³/mol. The smallest absolute Gasteiger partial charge is 0.321 e. The lowest BCUT2D eigenvalue weighted by atomic mass is 9.70. The number of rotatable bonds is 3. The van der Waals surface area contributed by atoms with E-state index in [2.05, 4.69) is 0 Å². The quantitative estimate of drug-likeness (QED) is 0.357. The van der Waals surface area contributed by atoms with Crippen molar-refractivity contribution in [2.24, 2.45) is 10.8 Å². The van der Waals surface area contributed by atoms with Gasteiger partial charge in [-0.25, -0.2) is 0 Å². The summed E-state index contributed by atoms with van der Waals surface area (Å²) in [5.41, 5.74) is 4.25. The Bertz CT molecular complexity index is 1430. The third-order valence-corrected chi connectivity index (χ3v) is 8.45. The molecule has 2 aromatic rings. The summed E-state index contributed by atoms with van der Waals surface area (Å²) in [4.78, 5) is 33.2. The van der Waals surface area contributed by atoms with Gasteiger partial charge in [-0.1, -0.05) is 95.2 Å². The largest absolute Gasteiger partial charge is 0.356 e. The molecule has 0 saturated carbocycles. The Kier molecular flexibility index (Phi) is 8.42. The van der Waals surface area contributed by atoms with Crippen LogP contribution in [-0.2, 0) is 25.3 Å². The van der Waals surface area contributed by atoms with Crippen LogP contribution in [0, 0.1) is 10.8 Å². The Morgan fingerprint density at radius 1 is 0.634 bits per heavy atom. The molecular formula is C35H46O5P. The van der Waals surface area contributed by atoms with Crippen molar-refractivity contribution in [1.82, 2.24) is 0 Å². The van der Waals surface area contributed by atoms with E-state index in [-0.39, 0.29) is 16.8 Å². The third kappa shape index (κ3) is 7.02. The summed E-state index contributed by atoms with van der Waals surface area (Å²) in [5, 5.41) is 13.7. The first kappa shape index (κ1) is 32.8. The van der Waals surface area contributed by atoms with Crippen LogP contribution in [0.1, 0.15) is 105 Å². The summed E-state index contributed by atoms with van der Waals surface area (Å²) < 4.78 is 12.0. The van der Waals surface area contributed by atoms with E-state index in [1.165, 1.54) is 12.1 Å². The first-order valence-electron chi connectivity index (χ1n) is 14.1. The SMILES string of the molecule is CC(C)(C)C1=CC(=C(c2ccc(P(=O)(O)O)cc2)c2cc(C(C)(C)C)c([O])c(C(C)(C)C)c2)C=C(C(C)(C)C)C1=O. The van der Waals surface area contributed by atoms with Crippen molar-refractivity contribution in [3.05, 3.63) is 87.5 Å². The van der Waals surface area contributed by atoms with Crippen LogP contribution in [0.3, 0.4) is 0 Å². The van der Waals surface area contributed by atoms with Gasteiger partial charge >= 0.3 is 7.60 Å². The van der Waals surface area contributed by atoms with Crippen molar-refractivity contribution in [2.45, 2.75) is 93.9 Å². The second-order valence-electron chi connectivity index (χ2n) is 15.3. The second-order valence-corrected chi connectivity index (χ2v) is 16.9. The minimum Gasteiger partial charge on any atom is -0.321 e. The average Bonchev–Trinajstić information content (AvgIpc) is 2.77. The maximum Gasteiger partial charge on any atom is 0.356 e. The number of ketones is 1. The standard InChI is InChI=1S/C35H46O5P/c1-32(2,3)25-17-22(18-26(30(25)36)33(4,5)6)29(21-13-15-24(16-14-21)41(38,39)40)23-19-27(34(7,8)9)31(37)28(20-23)35(10,11)12/h13-20H,1-12H3,(H2,38,39,40). The van der Waals surface area contributed by atoms with Gasteiger partial charge in [-0.2, -0.15) is 0 Å². The maximum atomic E-state index is 13.7. The molecule has 0 aliphatic heterocycles. The van der Waals surface area contributed by atoms with Gasteiger partial charge in [0.25, 0.3) is 0 Å². The average molecular weight is 578 g/mol. The van der Waals surface area contributed by atoms with E-state index >= 15 is 0 Å². The molecule has 0 bridgehead atoms. The van der Waals surface area contributed by atoms with Crippen LogP contribution in [0.2, 0.25) is 0 Å². The van der Waals surface area contributed by atoms with Crippen molar-refractivity contribution >= 4 is 24.3 Å². The lowest BCUT2D eigenvalue weighted by Gasteiger charge is -2.32. The van der Waals surface area contributed by atoms with Gasteiger partial charge in [0, 0.05) is 22.3 Å². The molecule has 3 rings (SSSR count). The predicted octanol–water partition coefficient (Wildman–Crippen LogP) is 8.56. The van der Waals surface area contributed by atoms with Gasteiger partial charge in [-0.15, -0.1) is 0 Å². The van der Waals surface area contributed by atoms with E-state index in [1.54, 1.807) is 12.1 Å². The molecule has 6 heteroatoms. The molecule has 2 N–H and O–H groups in total. The van der Waals surface area contributed by atoms with Crippen molar-refractivity contribution in [2.75, 3.05) is 0 Å². The van der Waals surface area contributed by atoms with Gasteiger partial charge in [0.1, 0.15) is 0 Å². The third-order valence-electron chi connectivity index (χ3n) is 7.48. The first-order chi connectivity index (χ1) is 18.3. The summed E-state index contributed by atoms with van der Waals surface area (Å²) in [7, 11) is -4.44. The molecule has 1 aliphatic rings. The molecule has 0 amide bonds. The fourth-order valence-electron chi connectivity index (χ4n) is 5.10. The monoisotopic (exact) mass is 577 g/mol. The van der Waals surface area contributed by atoms with Gasteiger partial charge < -0.3 is 9.79 Å². The molecule has 0 unspecified atom stereocenters. The van der Waals surface area contributed by atoms with Crippen molar-refractivity contribution < 1.29 is 24.3 Å². The van der Waals surface area contributed by atoms with E-state index in [0.717, 1.165) is 22.3 Å². The van der Waals surface area contributed by atoms with Gasteiger partial charge in [-0.3, -0.25) is 14.5 Å². The normalized spacial score (nSPS) is 15.6. The summed E-state index contributed by atoms with van der Waals surface area (Å²) in [6.07, 6.45) is 3.89. The lowest BCUT2D eigenvalue weighted by molar-refractivity contribution is -0.114. The van der Waals surface area contributed by atoms with E-state index in [1.807, 2.05) is 107 Å². The van der Waals surface area contributed by atoms with Crippen LogP contribution >= 0.6 is 7.60 Å². The second kappa shape index (κ2) is 10.5. The number of Topliss-reactive ketones (excluding diaryl/α,β-unsaturated/α-hetero) is 1. The Morgan fingerprint density at radius 2 is 1.02 bits per heavy atom. The minimum absolute atomic E-state index is 0.0191. The van der Waals surface area contributed by atoms with Crippen LogP contribution < -0.4 is 5.30 Å². The van der Waals surface area contributed by atoms with Crippen LogP contribution in [0.4, 0.5) is 0 Å². The van der Waals surface area contributed by atoms with Crippen LogP contribution in [0.15, 0.2) is 65.3 Å². The van der Waals surface area contributed by atoms with Gasteiger partial charge in [0.05, 0.1) is 5.30 Å². The molecule has 0 saturated heterocycles. The summed E-state index contributed by atoms with van der Waals surface area (Å²) in [5.74, 6) is 0.0382. The highest BCUT2D eigenvalue weighted by Gasteiger charge is 2.35. The molecule has 5 nitrogen and oxygen atoms in total. The number of allylic oxidation sites excluding steroid dienone is 5. The van der Waals surface area contributed by atoms with Crippen LogP contribution in [0.25, 0.3) is 5.57 Å². The molecule has 41 heavy (non-hydrogen) atoms. The molecule has 0 atom stereocenters. The fraction of sp³-hybridized carbons (Fsp3) is 0.457. The Labute approximate surface area is 246 Å². The topological polar surface area (TPSA) is 94.5 Å². The highest BCUT2D eigenvalue weighted by atomic mass is 31.2. The van der Waals surface area contributed by atoms with Gasteiger partial charge in [-0.05, 0) is 80.4 Å². The molecule has 1 aliphatic carbocycles. The van der Waals surface area contributed by atoms with Gasteiger partial charge in [0.2, 0.25) is 0 Å². The van der Waals surface area contributed by atoms with Crippen molar-refractivity contribution in [3.8, 4) is 5.75 Å². The highest BCUT2D eigenvalue weighted by Crippen LogP contribution is 2.46. The first-order valence-corrected chi connectivity index (χ1v) is 15.7. The van der Waals surface area contributed by atoms with Gasteiger partial charge in [0.15, 0.2) is 11.5 Å². The highest BCUT2D eigenvalue weighted by molar-refractivity contribution is 7.60. The molecule has 221 valence electrons. The summed E-state index contributed by atoms with van der Waals surface area (Å²) >= 11 is 0. The van der Waals surface area contributed by atoms with Crippen LogP contribution in [0.5, 0.6) is 5.75 Å². The fourth-order valence-corrected chi connectivity index (χ4v) is 5.63. The Hall–Kier alpha value is -2.72. The molecule has 0 fully saturated rings. The molecule has 0 heterocycles. The lowest BCUT2D eigenvalue weighted by Crippen LogP contribution is -2.28. The number of benzene rings is 2. The maximum absolute atomic E-state index is 13.7. The van der Waals surface area contributed by atoms with E-state index in [9.17, 15) is 24.3 Å². The zero-order valence-corrected chi connectivity index (χ0v) is 27.6. The Balaban J connectivity index is 2.59. The molecule has 2 aromatic carbocycles. The molecular weight excluding hydrogens is 531 g/mol. The number of carbonyl (C=O) groups is 1. The number of hydrogen-bond acceptors (Lipinski definition) is 2. The van der Waals surface area contributed by atoms with Crippen molar-refractivity contribution in [1.29, 1.82) is 0 Å². The van der Waals surface area contributed by atoms with E-state index in [4.69, 9.17) is 0 Å². The van der Waals surface area contributed by atoms with Crippen LogP contribution in [-0.4, -0.2) is 15.6 Å².